The Labute approximate surface area is 164 Å². The molecule has 3 rings (SSSR count). The molecule has 142 valence electrons. The third-order valence-electron chi connectivity index (χ3n) is 4.17. The van der Waals surface area contributed by atoms with Gasteiger partial charge in [-0.1, -0.05) is 0 Å². The maximum atomic E-state index is 5.74. The second-order valence-corrected chi connectivity index (χ2v) is 6.63. The molecule has 0 aliphatic carbocycles. The molecule has 0 fully saturated rings. The average molecular weight is 385 g/mol. The largest absolute Gasteiger partial charge is 0.497 e. The first-order valence-corrected chi connectivity index (χ1v) is 9.26. The van der Waals surface area contributed by atoms with Crippen LogP contribution in [-0.4, -0.2) is 33.2 Å². The SMILES string of the molecule is COc1ccc(NC(=S)N(CCCn2ccnc2)Cc2ccc(C)o2)cc1. The third-order valence-corrected chi connectivity index (χ3v) is 4.54. The topological polar surface area (TPSA) is 55.5 Å². The highest BCUT2D eigenvalue weighted by Crippen LogP contribution is 2.17. The zero-order valence-corrected chi connectivity index (χ0v) is 16.4. The monoisotopic (exact) mass is 384 g/mol. The second-order valence-electron chi connectivity index (χ2n) is 6.25. The molecule has 0 aliphatic heterocycles. The van der Waals surface area contributed by atoms with Gasteiger partial charge in [-0.3, -0.25) is 0 Å². The number of ether oxygens (including phenoxy) is 1. The Hall–Kier alpha value is -2.80. The van der Waals surface area contributed by atoms with Crippen molar-refractivity contribution in [3.05, 3.63) is 66.6 Å². The van der Waals surface area contributed by atoms with Crippen molar-refractivity contribution in [3.63, 3.8) is 0 Å². The summed E-state index contributed by atoms with van der Waals surface area (Å²) in [6, 6.07) is 11.7. The predicted octanol–water partition coefficient (Wildman–Crippen LogP) is 4.08. The minimum Gasteiger partial charge on any atom is -0.497 e. The van der Waals surface area contributed by atoms with Gasteiger partial charge in [0, 0.05) is 31.2 Å². The summed E-state index contributed by atoms with van der Waals surface area (Å²) in [7, 11) is 1.65. The molecule has 0 aliphatic rings. The lowest BCUT2D eigenvalue weighted by molar-refractivity contribution is 0.348. The van der Waals surface area contributed by atoms with Crippen LogP contribution in [-0.2, 0) is 13.1 Å². The standard InChI is InChI=1S/C20H24N4O2S/c1-16-4-7-19(26-16)14-24(12-3-11-23-13-10-21-15-23)20(27)22-17-5-8-18(25-2)9-6-17/h4-10,13,15H,3,11-12,14H2,1-2H3,(H,22,27). The van der Waals surface area contributed by atoms with Crippen LogP contribution in [0.25, 0.3) is 0 Å². The van der Waals surface area contributed by atoms with Gasteiger partial charge in [0.15, 0.2) is 5.11 Å². The van der Waals surface area contributed by atoms with Crippen LogP contribution in [0.3, 0.4) is 0 Å². The molecule has 0 saturated heterocycles. The lowest BCUT2D eigenvalue weighted by Gasteiger charge is -2.25. The van der Waals surface area contributed by atoms with E-state index in [4.69, 9.17) is 21.4 Å². The van der Waals surface area contributed by atoms with Crippen LogP contribution in [0.4, 0.5) is 5.69 Å². The van der Waals surface area contributed by atoms with Crippen molar-refractivity contribution in [1.82, 2.24) is 14.5 Å². The van der Waals surface area contributed by atoms with Gasteiger partial charge in [0.25, 0.3) is 0 Å². The predicted molar refractivity (Wildman–Crippen MR) is 110 cm³/mol. The molecule has 7 heteroatoms. The number of hydrogen-bond acceptors (Lipinski definition) is 4. The number of thiocarbonyl (C=S) groups is 1. The van der Waals surface area contributed by atoms with Gasteiger partial charge in [-0.2, -0.15) is 0 Å². The van der Waals surface area contributed by atoms with E-state index < -0.39 is 0 Å². The van der Waals surface area contributed by atoms with E-state index in [0.29, 0.717) is 11.7 Å². The maximum Gasteiger partial charge on any atom is 0.173 e. The first kappa shape index (κ1) is 19.0. The van der Waals surface area contributed by atoms with Crippen LogP contribution in [0.1, 0.15) is 17.9 Å². The molecule has 0 atom stereocenters. The van der Waals surface area contributed by atoms with Gasteiger partial charge in [0.2, 0.25) is 0 Å². The van der Waals surface area contributed by atoms with Crippen LogP contribution in [0.2, 0.25) is 0 Å². The van der Waals surface area contributed by atoms with Gasteiger partial charge in [-0.25, -0.2) is 4.98 Å². The number of furan rings is 1. The quantitative estimate of drug-likeness (QED) is 0.591. The summed E-state index contributed by atoms with van der Waals surface area (Å²) in [5.41, 5.74) is 0.927. The molecule has 0 amide bonds. The van der Waals surface area contributed by atoms with E-state index in [-0.39, 0.29) is 0 Å². The summed E-state index contributed by atoms with van der Waals surface area (Å²) >= 11 is 5.66. The molecule has 6 nitrogen and oxygen atoms in total. The van der Waals surface area contributed by atoms with Crippen molar-refractivity contribution in [3.8, 4) is 5.75 Å². The van der Waals surface area contributed by atoms with E-state index >= 15 is 0 Å². The van der Waals surface area contributed by atoms with Crippen LogP contribution in [0.5, 0.6) is 5.75 Å². The van der Waals surface area contributed by atoms with Crippen molar-refractivity contribution in [2.24, 2.45) is 0 Å². The number of anilines is 1. The van der Waals surface area contributed by atoms with E-state index in [1.165, 1.54) is 0 Å². The number of aryl methyl sites for hydroxylation is 2. The number of aromatic nitrogens is 2. The molecule has 0 unspecified atom stereocenters. The van der Waals surface area contributed by atoms with E-state index in [1.807, 2.05) is 55.8 Å². The normalized spacial score (nSPS) is 10.6. The summed E-state index contributed by atoms with van der Waals surface area (Å²) in [5, 5.41) is 3.97. The van der Waals surface area contributed by atoms with Crippen molar-refractivity contribution in [1.29, 1.82) is 0 Å². The molecular weight excluding hydrogens is 360 g/mol. The zero-order valence-electron chi connectivity index (χ0n) is 15.6. The van der Waals surface area contributed by atoms with Crippen molar-refractivity contribution < 1.29 is 9.15 Å². The number of rotatable bonds is 8. The molecule has 0 bridgehead atoms. The first-order chi connectivity index (χ1) is 13.1. The highest BCUT2D eigenvalue weighted by atomic mass is 32.1. The van der Waals surface area contributed by atoms with E-state index in [2.05, 4.69) is 19.8 Å². The summed E-state index contributed by atoms with van der Waals surface area (Å²) in [6.07, 6.45) is 6.53. The molecule has 2 aromatic heterocycles. The van der Waals surface area contributed by atoms with E-state index in [0.717, 1.165) is 42.5 Å². The van der Waals surface area contributed by atoms with Gasteiger partial charge < -0.3 is 23.9 Å². The Balaban J connectivity index is 1.63. The summed E-state index contributed by atoms with van der Waals surface area (Å²) in [4.78, 5) is 6.20. The molecule has 1 aromatic carbocycles. The summed E-state index contributed by atoms with van der Waals surface area (Å²) in [5.74, 6) is 2.61. The van der Waals surface area contributed by atoms with Gasteiger partial charge in [-0.05, 0) is 62.0 Å². The number of imidazole rings is 1. The summed E-state index contributed by atoms with van der Waals surface area (Å²) in [6.45, 7) is 4.26. The van der Waals surface area contributed by atoms with Gasteiger partial charge in [0.05, 0.1) is 20.0 Å². The van der Waals surface area contributed by atoms with Gasteiger partial charge >= 0.3 is 0 Å². The Morgan fingerprint density at radius 3 is 2.70 bits per heavy atom. The fraction of sp³-hybridized carbons (Fsp3) is 0.300. The lowest BCUT2D eigenvalue weighted by atomic mass is 10.3. The third kappa shape index (κ3) is 5.59. The summed E-state index contributed by atoms with van der Waals surface area (Å²) < 4.78 is 13.0. The number of hydrogen-bond donors (Lipinski definition) is 1. The number of benzene rings is 1. The van der Waals surface area contributed by atoms with Crippen molar-refractivity contribution in [2.45, 2.75) is 26.4 Å². The molecule has 0 saturated carbocycles. The Morgan fingerprint density at radius 2 is 2.07 bits per heavy atom. The lowest BCUT2D eigenvalue weighted by Crippen LogP contribution is -2.35. The molecular formula is C20H24N4O2S. The molecule has 1 N–H and O–H groups in total. The van der Waals surface area contributed by atoms with Crippen molar-refractivity contribution in [2.75, 3.05) is 19.0 Å². The van der Waals surface area contributed by atoms with Crippen LogP contribution in [0.15, 0.2) is 59.5 Å². The highest BCUT2D eigenvalue weighted by Gasteiger charge is 2.13. The number of nitrogens with zero attached hydrogens (tertiary/aromatic N) is 3. The zero-order chi connectivity index (χ0) is 19.1. The van der Waals surface area contributed by atoms with Crippen LogP contribution in [0, 0.1) is 6.92 Å². The Morgan fingerprint density at radius 1 is 1.26 bits per heavy atom. The number of nitrogens with one attached hydrogen (secondary N) is 1. The van der Waals surface area contributed by atoms with Gasteiger partial charge in [0.1, 0.15) is 17.3 Å². The molecule has 0 radical (unpaired) electrons. The maximum absolute atomic E-state index is 5.74. The minimum absolute atomic E-state index is 0.625. The Bertz CT molecular complexity index is 843. The van der Waals surface area contributed by atoms with Crippen molar-refractivity contribution >= 4 is 23.0 Å². The molecule has 3 aromatic rings. The van der Waals surface area contributed by atoms with E-state index in [1.54, 1.807) is 13.3 Å². The number of methoxy groups -OCH3 is 1. The minimum atomic E-state index is 0.625. The highest BCUT2D eigenvalue weighted by molar-refractivity contribution is 7.80. The fourth-order valence-corrected chi connectivity index (χ4v) is 3.02. The molecule has 2 heterocycles. The molecule has 27 heavy (non-hydrogen) atoms. The average Bonchev–Trinajstić information content (AvgIpc) is 3.33. The van der Waals surface area contributed by atoms with Crippen LogP contribution >= 0.6 is 12.2 Å². The second kappa shape index (κ2) is 9.23. The smallest absolute Gasteiger partial charge is 0.173 e. The van der Waals surface area contributed by atoms with E-state index in [9.17, 15) is 0 Å². The first-order valence-electron chi connectivity index (χ1n) is 8.85. The van der Waals surface area contributed by atoms with Gasteiger partial charge in [-0.15, -0.1) is 0 Å². The fourth-order valence-electron chi connectivity index (χ4n) is 2.75. The Kier molecular flexibility index (Phi) is 6.49. The molecule has 0 spiro atoms. The van der Waals surface area contributed by atoms with Crippen LogP contribution < -0.4 is 10.1 Å².